The number of nitriles is 1. The van der Waals surface area contributed by atoms with E-state index in [1.165, 1.54) is 0 Å². The van der Waals surface area contributed by atoms with Gasteiger partial charge in [0.05, 0.1) is 17.1 Å². The van der Waals surface area contributed by atoms with Crippen LogP contribution in [-0.2, 0) is 0 Å². The number of nitrogens with zero attached hydrogens (tertiary/aromatic N) is 1. The summed E-state index contributed by atoms with van der Waals surface area (Å²) in [5, 5.41) is 19.3. The van der Waals surface area contributed by atoms with Crippen LogP contribution in [0.5, 0.6) is 0 Å². The quantitative estimate of drug-likeness (QED) is 0.693. The van der Waals surface area contributed by atoms with Gasteiger partial charge in [-0.25, -0.2) is 0 Å². The maximum atomic E-state index is 10.3. The molecule has 12 heavy (non-hydrogen) atoms. The molecule has 0 aromatic rings. The molecule has 0 heterocycles. The molecule has 0 amide bonds. The molecule has 1 N–H and O–H groups in total. The molecule has 0 bridgehead atoms. The van der Waals surface area contributed by atoms with E-state index in [-0.39, 0.29) is 5.41 Å². The van der Waals surface area contributed by atoms with E-state index >= 15 is 0 Å². The number of hydrogen-bond acceptors (Lipinski definition) is 2. The van der Waals surface area contributed by atoms with Gasteiger partial charge in [-0.2, -0.15) is 5.26 Å². The summed E-state index contributed by atoms with van der Waals surface area (Å²) in [6.45, 7) is 2.00. The van der Waals surface area contributed by atoms with E-state index in [0.29, 0.717) is 5.92 Å². The van der Waals surface area contributed by atoms with Crippen LogP contribution in [0.1, 0.15) is 39.0 Å². The molecule has 2 aliphatic carbocycles. The Balaban J connectivity index is 2.22. The molecule has 2 heteroatoms. The summed E-state index contributed by atoms with van der Waals surface area (Å²) < 4.78 is 0. The normalized spacial score (nSPS) is 30.4. The Hall–Kier alpha value is -0.550. The van der Waals surface area contributed by atoms with Crippen molar-refractivity contribution in [2.75, 3.05) is 0 Å². The second-order valence-corrected chi connectivity index (χ2v) is 4.25. The second-order valence-electron chi connectivity index (χ2n) is 4.25. The van der Waals surface area contributed by atoms with Gasteiger partial charge in [-0.05, 0) is 38.0 Å². The van der Waals surface area contributed by atoms with Crippen LogP contribution in [0.2, 0.25) is 0 Å². The summed E-state index contributed by atoms with van der Waals surface area (Å²) in [5.41, 5.74) is -1.01. The molecule has 0 aromatic heterocycles. The minimum atomic E-state index is -0.651. The Bertz CT molecular complexity index is 235. The lowest BCUT2D eigenvalue weighted by molar-refractivity contribution is -0.0345. The van der Waals surface area contributed by atoms with E-state index in [0.717, 1.165) is 32.1 Å². The van der Waals surface area contributed by atoms with Crippen LogP contribution in [-0.4, -0.2) is 10.7 Å². The Kier molecular flexibility index (Phi) is 1.50. The van der Waals surface area contributed by atoms with Crippen molar-refractivity contribution < 1.29 is 5.11 Å². The van der Waals surface area contributed by atoms with Crippen molar-refractivity contribution in [2.45, 2.75) is 44.6 Å². The third-order valence-corrected chi connectivity index (χ3v) is 3.58. The standard InChI is InChI=1S/C10H15NO/c1-2-10(12,8-3-4-8)9(7-11)5-6-9/h8,12H,2-6H2,1H3. The van der Waals surface area contributed by atoms with E-state index in [2.05, 4.69) is 6.07 Å². The molecule has 0 aromatic carbocycles. The lowest BCUT2D eigenvalue weighted by Crippen LogP contribution is -2.40. The molecule has 1 atom stereocenters. The van der Waals surface area contributed by atoms with Crippen LogP contribution in [0.25, 0.3) is 0 Å². The highest BCUT2D eigenvalue weighted by Gasteiger charge is 2.63. The Morgan fingerprint density at radius 3 is 2.42 bits per heavy atom. The second kappa shape index (κ2) is 2.23. The van der Waals surface area contributed by atoms with E-state index in [1.54, 1.807) is 0 Å². The number of hydrogen-bond donors (Lipinski definition) is 1. The molecule has 1 unspecified atom stereocenters. The SMILES string of the molecule is CCC(O)(C1CC1)C1(C#N)CC1. The van der Waals surface area contributed by atoms with Gasteiger partial charge < -0.3 is 5.11 Å². The Labute approximate surface area is 73.2 Å². The summed E-state index contributed by atoms with van der Waals surface area (Å²) in [6, 6.07) is 2.32. The lowest BCUT2D eigenvalue weighted by Gasteiger charge is -2.31. The van der Waals surface area contributed by atoms with Crippen molar-refractivity contribution in [3.63, 3.8) is 0 Å². The van der Waals surface area contributed by atoms with Crippen molar-refractivity contribution in [3.8, 4) is 6.07 Å². The van der Waals surface area contributed by atoms with Crippen molar-refractivity contribution in [1.29, 1.82) is 5.26 Å². The lowest BCUT2D eigenvalue weighted by atomic mass is 9.79. The van der Waals surface area contributed by atoms with E-state index < -0.39 is 5.60 Å². The molecule has 2 saturated carbocycles. The van der Waals surface area contributed by atoms with E-state index in [4.69, 9.17) is 5.26 Å². The minimum Gasteiger partial charge on any atom is -0.388 e. The zero-order chi connectivity index (χ0) is 8.82. The van der Waals surface area contributed by atoms with Crippen LogP contribution in [0, 0.1) is 22.7 Å². The highest BCUT2D eigenvalue weighted by Crippen LogP contribution is 2.62. The van der Waals surface area contributed by atoms with E-state index in [1.807, 2.05) is 6.92 Å². The molecule has 0 radical (unpaired) electrons. The summed E-state index contributed by atoms with van der Waals surface area (Å²) in [4.78, 5) is 0. The number of aliphatic hydroxyl groups is 1. The first kappa shape index (κ1) is 8.07. The minimum absolute atomic E-state index is 0.358. The summed E-state index contributed by atoms with van der Waals surface area (Å²) in [5.74, 6) is 0.421. The van der Waals surface area contributed by atoms with Gasteiger partial charge in [0.2, 0.25) is 0 Å². The van der Waals surface area contributed by atoms with Gasteiger partial charge in [0, 0.05) is 0 Å². The van der Waals surface area contributed by atoms with Gasteiger partial charge >= 0.3 is 0 Å². The fraction of sp³-hybridized carbons (Fsp3) is 0.900. The third kappa shape index (κ3) is 0.834. The zero-order valence-electron chi connectivity index (χ0n) is 7.51. The number of rotatable bonds is 3. The first-order chi connectivity index (χ1) is 5.68. The van der Waals surface area contributed by atoms with Crippen LogP contribution >= 0.6 is 0 Å². The van der Waals surface area contributed by atoms with Gasteiger partial charge in [-0.1, -0.05) is 6.92 Å². The van der Waals surface area contributed by atoms with Gasteiger partial charge in [0.15, 0.2) is 0 Å². The highest BCUT2D eigenvalue weighted by molar-refractivity contribution is 5.23. The van der Waals surface area contributed by atoms with Gasteiger partial charge in [0.25, 0.3) is 0 Å². The Morgan fingerprint density at radius 1 is 1.58 bits per heavy atom. The van der Waals surface area contributed by atoms with Gasteiger partial charge in [0.1, 0.15) is 0 Å². The smallest absolute Gasteiger partial charge is 0.0864 e. The zero-order valence-corrected chi connectivity index (χ0v) is 7.51. The Morgan fingerprint density at radius 2 is 2.17 bits per heavy atom. The van der Waals surface area contributed by atoms with Crippen molar-refractivity contribution in [2.24, 2.45) is 11.3 Å². The van der Waals surface area contributed by atoms with Crippen LogP contribution in [0.15, 0.2) is 0 Å². The third-order valence-electron chi connectivity index (χ3n) is 3.58. The highest BCUT2D eigenvalue weighted by atomic mass is 16.3. The summed E-state index contributed by atoms with van der Waals surface area (Å²) in [7, 11) is 0. The first-order valence-corrected chi connectivity index (χ1v) is 4.82. The molecule has 2 rings (SSSR count). The van der Waals surface area contributed by atoms with E-state index in [9.17, 15) is 5.11 Å². The predicted molar refractivity (Wildman–Crippen MR) is 45.2 cm³/mol. The average molecular weight is 165 g/mol. The maximum Gasteiger partial charge on any atom is 0.0864 e. The van der Waals surface area contributed by atoms with Crippen LogP contribution in [0.4, 0.5) is 0 Å². The monoisotopic (exact) mass is 165 g/mol. The summed E-state index contributed by atoms with van der Waals surface area (Å²) >= 11 is 0. The van der Waals surface area contributed by atoms with Crippen LogP contribution in [0.3, 0.4) is 0 Å². The molecule has 2 fully saturated rings. The fourth-order valence-corrected chi connectivity index (χ4v) is 2.35. The molecular weight excluding hydrogens is 150 g/mol. The molecule has 0 aliphatic heterocycles. The fourth-order valence-electron chi connectivity index (χ4n) is 2.35. The summed E-state index contributed by atoms with van der Waals surface area (Å²) in [6.07, 6.45) is 4.79. The molecular formula is C10H15NO. The van der Waals surface area contributed by atoms with Crippen molar-refractivity contribution in [3.05, 3.63) is 0 Å². The van der Waals surface area contributed by atoms with Gasteiger partial charge in [-0.3, -0.25) is 0 Å². The predicted octanol–water partition coefficient (Wildman–Crippen LogP) is 1.84. The molecule has 0 saturated heterocycles. The van der Waals surface area contributed by atoms with Gasteiger partial charge in [-0.15, -0.1) is 0 Å². The average Bonchev–Trinajstić information content (AvgIpc) is 2.93. The maximum absolute atomic E-state index is 10.3. The largest absolute Gasteiger partial charge is 0.388 e. The molecule has 2 nitrogen and oxygen atoms in total. The van der Waals surface area contributed by atoms with Crippen molar-refractivity contribution in [1.82, 2.24) is 0 Å². The molecule has 66 valence electrons. The van der Waals surface area contributed by atoms with Crippen molar-refractivity contribution >= 4 is 0 Å². The molecule has 2 aliphatic rings. The molecule has 0 spiro atoms. The first-order valence-electron chi connectivity index (χ1n) is 4.82. The topological polar surface area (TPSA) is 44.0 Å². The van der Waals surface area contributed by atoms with Crippen LogP contribution < -0.4 is 0 Å².